The van der Waals surface area contributed by atoms with Crippen LogP contribution < -0.4 is 4.74 Å². The summed E-state index contributed by atoms with van der Waals surface area (Å²) in [6, 6.07) is 5.76. The Balaban J connectivity index is 2.42. The highest BCUT2D eigenvalue weighted by Gasteiger charge is 2.52. The fourth-order valence-corrected chi connectivity index (χ4v) is 2.00. The maximum atomic E-state index is 12.8. The number of hydrogen-bond donors (Lipinski definition) is 1. The summed E-state index contributed by atoms with van der Waals surface area (Å²) in [5, 5.41) is 17.6. The van der Waals surface area contributed by atoms with Crippen molar-refractivity contribution in [2.45, 2.75) is 18.7 Å². The lowest BCUT2D eigenvalue weighted by atomic mass is 9.89. The fraction of sp³-hybridized carbons (Fsp3) is 0.333. The predicted octanol–water partition coefficient (Wildman–Crippen LogP) is 2.12. The van der Waals surface area contributed by atoms with Gasteiger partial charge in [0, 0.05) is 0 Å². The lowest BCUT2D eigenvalue weighted by molar-refractivity contribution is -0.217. The summed E-state index contributed by atoms with van der Waals surface area (Å²) in [6.45, 7) is 0. The Morgan fingerprint density at radius 2 is 2.16 bits per heavy atom. The smallest absolute Gasteiger partial charge is 0.426 e. The Kier molecular flexibility index (Phi) is 3.10. The van der Waals surface area contributed by atoms with E-state index in [4.69, 9.17) is 15.1 Å². The average molecular weight is 271 g/mol. The first-order valence-corrected chi connectivity index (χ1v) is 5.32. The lowest BCUT2D eigenvalue weighted by Gasteiger charge is -2.32. The van der Waals surface area contributed by atoms with Crippen LogP contribution in [0.4, 0.5) is 13.2 Å². The van der Waals surface area contributed by atoms with Crippen LogP contribution in [0.15, 0.2) is 18.2 Å². The van der Waals surface area contributed by atoms with Crippen LogP contribution in [0.1, 0.15) is 11.1 Å². The van der Waals surface area contributed by atoms with E-state index in [1.54, 1.807) is 0 Å². The standard InChI is InChI=1S/C12H8F3NO3/c13-12(14,15)10-8(11(17)18)4-7-3-6(5-16)1-2-9(7)19-10/h1-3,8,10H,4H2,(H,17,18)/t8-,10+/m0/s1. The van der Waals surface area contributed by atoms with Crippen molar-refractivity contribution in [3.05, 3.63) is 29.3 Å². The monoisotopic (exact) mass is 271 g/mol. The Morgan fingerprint density at radius 3 is 2.68 bits per heavy atom. The predicted molar refractivity (Wildman–Crippen MR) is 56.5 cm³/mol. The Bertz CT molecular complexity index is 562. The topological polar surface area (TPSA) is 70.3 Å². The number of rotatable bonds is 1. The average Bonchev–Trinajstić information content (AvgIpc) is 2.35. The van der Waals surface area contributed by atoms with Gasteiger partial charge in [-0.1, -0.05) is 0 Å². The molecule has 100 valence electrons. The Hall–Kier alpha value is -2.23. The van der Waals surface area contributed by atoms with Gasteiger partial charge in [-0.25, -0.2) is 0 Å². The van der Waals surface area contributed by atoms with Crippen molar-refractivity contribution < 1.29 is 27.8 Å². The molecular weight excluding hydrogens is 263 g/mol. The van der Waals surface area contributed by atoms with Gasteiger partial charge in [-0.2, -0.15) is 18.4 Å². The number of carboxylic acid groups (broad SMARTS) is 1. The molecule has 0 unspecified atom stereocenters. The van der Waals surface area contributed by atoms with Gasteiger partial charge in [0.15, 0.2) is 0 Å². The summed E-state index contributed by atoms with van der Waals surface area (Å²) in [7, 11) is 0. The molecule has 0 amide bonds. The van der Waals surface area contributed by atoms with E-state index in [1.165, 1.54) is 18.2 Å². The molecule has 0 aromatic heterocycles. The molecule has 4 nitrogen and oxygen atoms in total. The summed E-state index contributed by atoms with van der Waals surface area (Å²) < 4.78 is 43.0. The summed E-state index contributed by atoms with van der Waals surface area (Å²) >= 11 is 0. The van der Waals surface area contributed by atoms with Crippen LogP contribution in [-0.4, -0.2) is 23.4 Å². The number of carboxylic acids is 1. The van der Waals surface area contributed by atoms with Crippen LogP contribution in [0.5, 0.6) is 5.75 Å². The van der Waals surface area contributed by atoms with Crippen molar-refractivity contribution in [1.29, 1.82) is 5.26 Å². The van der Waals surface area contributed by atoms with Crippen molar-refractivity contribution in [2.24, 2.45) is 5.92 Å². The van der Waals surface area contributed by atoms with Gasteiger partial charge < -0.3 is 9.84 Å². The van der Waals surface area contributed by atoms with Crippen LogP contribution in [0, 0.1) is 17.2 Å². The molecule has 2 rings (SSSR count). The molecule has 0 spiro atoms. The molecule has 0 radical (unpaired) electrons. The van der Waals surface area contributed by atoms with Crippen molar-refractivity contribution in [2.75, 3.05) is 0 Å². The van der Waals surface area contributed by atoms with Crippen LogP contribution >= 0.6 is 0 Å². The van der Waals surface area contributed by atoms with Crippen molar-refractivity contribution in [3.8, 4) is 11.8 Å². The quantitative estimate of drug-likeness (QED) is 0.849. The number of nitriles is 1. The van der Waals surface area contributed by atoms with Crippen molar-refractivity contribution in [3.63, 3.8) is 0 Å². The van der Waals surface area contributed by atoms with Crippen LogP contribution in [0.3, 0.4) is 0 Å². The van der Waals surface area contributed by atoms with Gasteiger partial charge in [0.2, 0.25) is 6.10 Å². The summed E-state index contributed by atoms with van der Waals surface area (Å²) in [4.78, 5) is 10.9. The SMILES string of the molecule is N#Cc1ccc2c(c1)C[C@H](C(=O)O)[C@H](C(F)(F)F)O2. The Labute approximate surface area is 106 Å². The van der Waals surface area contributed by atoms with Crippen LogP contribution in [0.2, 0.25) is 0 Å². The van der Waals surface area contributed by atoms with E-state index in [0.717, 1.165) is 0 Å². The third-order valence-corrected chi connectivity index (χ3v) is 2.89. The molecule has 0 saturated heterocycles. The number of ether oxygens (including phenoxy) is 1. The normalized spacial score (nSPS) is 22.0. The third kappa shape index (κ3) is 2.47. The van der Waals surface area contributed by atoms with Gasteiger partial charge in [-0.3, -0.25) is 4.79 Å². The summed E-state index contributed by atoms with van der Waals surface area (Å²) in [5.74, 6) is -3.31. The van der Waals surface area contributed by atoms with E-state index in [1.807, 2.05) is 6.07 Å². The largest absolute Gasteiger partial charge is 0.481 e. The lowest BCUT2D eigenvalue weighted by Crippen LogP contribution is -2.47. The molecule has 0 aliphatic carbocycles. The second-order valence-corrected chi connectivity index (χ2v) is 4.16. The highest BCUT2D eigenvalue weighted by atomic mass is 19.4. The molecule has 19 heavy (non-hydrogen) atoms. The van der Waals surface area contributed by atoms with Gasteiger partial charge in [-0.15, -0.1) is 0 Å². The van der Waals surface area contributed by atoms with Crippen molar-refractivity contribution >= 4 is 5.97 Å². The zero-order valence-electron chi connectivity index (χ0n) is 9.44. The molecule has 0 bridgehead atoms. The third-order valence-electron chi connectivity index (χ3n) is 2.89. The van der Waals surface area contributed by atoms with Gasteiger partial charge in [-0.05, 0) is 30.2 Å². The van der Waals surface area contributed by atoms with Gasteiger partial charge in [0.1, 0.15) is 11.7 Å². The van der Waals surface area contributed by atoms with E-state index in [-0.39, 0.29) is 17.7 Å². The molecule has 7 heteroatoms. The fourth-order valence-electron chi connectivity index (χ4n) is 2.00. The number of hydrogen-bond acceptors (Lipinski definition) is 3. The van der Waals surface area contributed by atoms with Crippen molar-refractivity contribution in [1.82, 2.24) is 0 Å². The van der Waals surface area contributed by atoms with Crippen LogP contribution in [0.25, 0.3) is 0 Å². The number of benzene rings is 1. The second-order valence-electron chi connectivity index (χ2n) is 4.16. The summed E-state index contributed by atoms with van der Waals surface area (Å²) in [6.07, 6.45) is -7.44. The van der Waals surface area contributed by atoms with E-state index >= 15 is 0 Å². The maximum Gasteiger partial charge on any atom is 0.426 e. The first kappa shape index (κ1) is 13.2. The maximum absolute atomic E-state index is 12.8. The van der Waals surface area contributed by atoms with E-state index in [9.17, 15) is 18.0 Å². The molecular formula is C12H8F3NO3. The molecule has 2 atom stereocenters. The molecule has 1 aromatic carbocycles. The molecule has 1 aliphatic rings. The minimum atomic E-state index is -4.76. The highest BCUT2D eigenvalue weighted by molar-refractivity contribution is 5.72. The first-order chi connectivity index (χ1) is 8.82. The zero-order chi connectivity index (χ0) is 14.2. The van der Waals surface area contributed by atoms with E-state index in [2.05, 4.69) is 0 Å². The molecule has 0 fully saturated rings. The molecule has 0 saturated carbocycles. The zero-order valence-corrected chi connectivity index (χ0v) is 9.44. The molecule has 1 aromatic rings. The van der Waals surface area contributed by atoms with Gasteiger partial charge in [0.05, 0.1) is 11.6 Å². The Morgan fingerprint density at radius 1 is 1.47 bits per heavy atom. The number of fused-ring (bicyclic) bond motifs is 1. The molecule has 1 aliphatic heterocycles. The number of alkyl halides is 3. The minimum absolute atomic E-state index is 0.0289. The molecule has 1 N–H and O–H groups in total. The summed E-state index contributed by atoms with van der Waals surface area (Å²) in [5.41, 5.74) is 0.545. The van der Waals surface area contributed by atoms with Gasteiger partial charge >= 0.3 is 12.1 Å². The first-order valence-electron chi connectivity index (χ1n) is 5.32. The highest BCUT2D eigenvalue weighted by Crippen LogP contribution is 2.38. The number of nitrogens with zero attached hydrogens (tertiary/aromatic N) is 1. The second kappa shape index (κ2) is 4.46. The number of carbonyl (C=O) groups is 1. The van der Waals surface area contributed by atoms with E-state index < -0.39 is 24.2 Å². The number of halogens is 3. The molecule has 1 heterocycles. The minimum Gasteiger partial charge on any atom is -0.481 e. The van der Waals surface area contributed by atoms with E-state index in [0.29, 0.717) is 5.56 Å². The van der Waals surface area contributed by atoms with Gasteiger partial charge in [0.25, 0.3) is 0 Å². The number of aliphatic carboxylic acids is 1. The van der Waals surface area contributed by atoms with Crippen LogP contribution in [-0.2, 0) is 11.2 Å².